The highest BCUT2D eigenvalue weighted by Crippen LogP contribution is 2.50. The van der Waals surface area contributed by atoms with E-state index in [-0.39, 0.29) is 5.57 Å². The number of rotatable bonds is 1. The zero-order valence-electron chi connectivity index (χ0n) is 7.23. The Hall–Kier alpha value is -1.26. The molecule has 1 aromatic rings. The average molecular weight is 208 g/mol. The summed E-state index contributed by atoms with van der Waals surface area (Å²) in [6.45, 7) is 3.62. The van der Waals surface area contributed by atoms with Crippen LogP contribution in [0.4, 0.5) is 0 Å². The molecule has 0 amide bonds. The topological polar surface area (TPSA) is 57.5 Å². The molecule has 0 saturated heterocycles. The molecule has 1 aliphatic rings. The first kappa shape index (κ1) is 9.30. The van der Waals surface area contributed by atoms with Crippen LogP contribution < -0.4 is 0 Å². The van der Waals surface area contributed by atoms with E-state index in [1.807, 2.05) is 0 Å². The third-order valence-electron chi connectivity index (χ3n) is 2.17. The Morgan fingerprint density at radius 1 is 1.43 bits per heavy atom. The number of thioether (sulfide) groups is 1. The van der Waals surface area contributed by atoms with Crippen molar-refractivity contribution in [3.63, 3.8) is 0 Å². The third-order valence-corrected chi connectivity index (χ3v) is 3.46. The molecule has 14 heavy (non-hydrogen) atoms. The Kier molecular flexibility index (Phi) is 1.90. The fourth-order valence-electron chi connectivity index (χ4n) is 1.38. The van der Waals surface area contributed by atoms with Crippen molar-refractivity contribution < 1.29 is 15.0 Å². The highest BCUT2D eigenvalue weighted by molar-refractivity contribution is 8.02. The van der Waals surface area contributed by atoms with Crippen molar-refractivity contribution in [2.75, 3.05) is 0 Å². The molecule has 0 saturated carbocycles. The molecule has 1 heterocycles. The van der Waals surface area contributed by atoms with Gasteiger partial charge in [-0.2, -0.15) is 0 Å². The molecule has 3 nitrogen and oxygen atoms in total. The van der Waals surface area contributed by atoms with E-state index in [1.54, 1.807) is 24.3 Å². The van der Waals surface area contributed by atoms with Gasteiger partial charge in [0.1, 0.15) is 0 Å². The van der Waals surface area contributed by atoms with Crippen LogP contribution in [0.25, 0.3) is 5.57 Å². The van der Waals surface area contributed by atoms with Crippen LogP contribution in [0.5, 0.6) is 0 Å². The number of carboxylic acids is 1. The molecule has 1 aliphatic heterocycles. The van der Waals surface area contributed by atoms with E-state index in [0.717, 1.165) is 16.7 Å². The molecule has 0 aliphatic carbocycles. The predicted octanol–water partition coefficient (Wildman–Crippen LogP) is 1.58. The summed E-state index contributed by atoms with van der Waals surface area (Å²) in [5.74, 6) is -1.27. The van der Waals surface area contributed by atoms with Crippen LogP contribution in [0, 0.1) is 0 Å². The number of hydrogen-bond acceptors (Lipinski definition) is 3. The first-order chi connectivity index (χ1) is 6.55. The summed E-state index contributed by atoms with van der Waals surface area (Å²) in [4.78, 5) is 9.72. The smallest absolute Gasteiger partial charge is 0.351 e. The number of carbonyl (C=O) groups is 1. The second-order valence-electron chi connectivity index (χ2n) is 3.03. The Morgan fingerprint density at radius 3 is 2.64 bits per heavy atom. The monoisotopic (exact) mass is 208 g/mol. The van der Waals surface area contributed by atoms with Crippen molar-refractivity contribution in [3.05, 3.63) is 36.4 Å². The lowest BCUT2D eigenvalue weighted by Gasteiger charge is -2.16. The van der Waals surface area contributed by atoms with E-state index in [0.29, 0.717) is 5.56 Å². The summed E-state index contributed by atoms with van der Waals surface area (Å²) >= 11 is 0.911. The first-order valence-corrected chi connectivity index (χ1v) is 4.81. The standard InChI is InChI=1S/C10H8O3S/c1-6-7-4-2-3-5-8(7)14-10(6,13)9(11)12/h2-5,13H,1H2,(H,11,12). The zero-order chi connectivity index (χ0) is 10.3. The minimum absolute atomic E-state index is 0.241. The van der Waals surface area contributed by atoms with Gasteiger partial charge in [-0.1, -0.05) is 36.5 Å². The van der Waals surface area contributed by atoms with Gasteiger partial charge in [0.2, 0.25) is 4.93 Å². The van der Waals surface area contributed by atoms with Crippen LogP contribution >= 0.6 is 11.8 Å². The first-order valence-electron chi connectivity index (χ1n) is 3.99. The van der Waals surface area contributed by atoms with Crippen molar-refractivity contribution in [1.29, 1.82) is 0 Å². The number of benzene rings is 1. The number of aliphatic carboxylic acids is 1. The molecule has 2 rings (SSSR count). The van der Waals surface area contributed by atoms with E-state index in [4.69, 9.17) is 5.11 Å². The van der Waals surface area contributed by atoms with Crippen molar-refractivity contribution in [1.82, 2.24) is 0 Å². The summed E-state index contributed by atoms with van der Waals surface area (Å²) in [6, 6.07) is 7.11. The molecule has 0 radical (unpaired) electrons. The second-order valence-corrected chi connectivity index (χ2v) is 4.26. The van der Waals surface area contributed by atoms with Gasteiger partial charge in [-0.3, -0.25) is 0 Å². The van der Waals surface area contributed by atoms with Crippen LogP contribution in [-0.4, -0.2) is 21.1 Å². The maximum Gasteiger partial charge on any atom is 0.351 e. The summed E-state index contributed by atoms with van der Waals surface area (Å²) in [5.41, 5.74) is 0.952. The van der Waals surface area contributed by atoms with Gasteiger partial charge in [0.15, 0.2) is 0 Å². The Balaban J connectivity index is 2.54. The molecule has 1 unspecified atom stereocenters. The molecule has 2 N–H and O–H groups in total. The normalized spacial score (nSPS) is 24.8. The summed E-state index contributed by atoms with van der Waals surface area (Å²) in [5, 5.41) is 18.7. The number of carboxylic acid groups (broad SMARTS) is 1. The molecule has 72 valence electrons. The summed E-state index contributed by atoms with van der Waals surface area (Å²) in [6.07, 6.45) is 0. The highest BCUT2D eigenvalue weighted by Gasteiger charge is 2.46. The molecule has 0 spiro atoms. The number of aliphatic hydroxyl groups is 1. The third kappa shape index (κ3) is 1.08. The van der Waals surface area contributed by atoms with Gasteiger partial charge in [0.25, 0.3) is 0 Å². The van der Waals surface area contributed by atoms with Crippen LogP contribution in [-0.2, 0) is 4.79 Å². The Bertz CT molecular complexity index is 427. The molecule has 0 fully saturated rings. The molecule has 1 aromatic carbocycles. The van der Waals surface area contributed by atoms with E-state index in [9.17, 15) is 9.90 Å². The maximum atomic E-state index is 10.9. The van der Waals surface area contributed by atoms with Gasteiger partial charge >= 0.3 is 5.97 Å². The molecule has 1 atom stereocenters. The predicted molar refractivity (Wildman–Crippen MR) is 53.9 cm³/mol. The van der Waals surface area contributed by atoms with Crippen LogP contribution in [0.15, 0.2) is 35.7 Å². The van der Waals surface area contributed by atoms with E-state index in [2.05, 4.69) is 6.58 Å². The Labute approximate surface area is 85.1 Å². The number of fused-ring (bicyclic) bond motifs is 1. The van der Waals surface area contributed by atoms with Crippen molar-refractivity contribution in [2.24, 2.45) is 0 Å². The van der Waals surface area contributed by atoms with E-state index in [1.165, 1.54) is 0 Å². The van der Waals surface area contributed by atoms with Gasteiger partial charge in [0.05, 0.1) is 0 Å². The van der Waals surface area contributed by atoms with Crippen molar-refractivity contribution in [2.45, 2.75) is 9.83 Å². The summed E-state index contributed by atoms with van der Waals surface area (Å²) in [7, 11) is 0. The second kappa shape index (κ2) is 2.87. The van der Waals surface area contributed by atoms with Crippen LogP contribution in [0.1, 0.15) is 5.56 Å². The van der Waals surface area contributed by atoms with Gasteiger partial charge in [-0.15, -0.1) is 0 Å². The van der Waals surface area contributed by atoms with Crippen LogP contribution in [0.2, 0.25) is 0 Å². The highest BCUT2D eigenvalue weighted by atomic mass is 32.2. The van der Waals surface area contributed by atoms with Gasteiger partial charge in [-0.05, 0) is 11.6 Å². The maximum absolute atomic E-state index is 10.9. The van der Waals surface area contributed by atoms with E-state index < -0.39 is 10.9 Å². The quantitative estimate of drug-likeness (QED) is 0.735. The SMILES string of the molecule is C=C1c2ccccc2SC1(O)C(=O)O. The number of hydrogen-bond donors (Lipinski definition) is 2. The van der Waals surface area contributed by atoms with Gasteiger partial charge < -0.3 is 10.2 Å². The average Bonchev–Trinajstić information content (AvgIpc) is 2.42. The molecule has 0 bridgehead atoms. The lowest BCUT2D eigenvalue weighted by molar-refractivity contribution is -0.145. The fourth-order valence-corrected chi connectivity index (χ4v) is 2.47. The van der Waals surface area contributed by atoms with Gasteiger partial charge in [-0.25, -0.2) is 4.79 Å². The molecular formula is C10H8O3S. The lowest BCUT2D eigenvalue weighted by Crippen LogP contribution is -2.32. The van der Waals surface area contributed by atoms with Gasteiger partial charge in [0, 0.05) is 10.5 Å². The largest absolute Gasteiger partial charge is 0.478 e. The van der Waals surface area contributed by atoms with Crippen molar-refractivity contribution >= 4 is 23.3 Å². The molecular weight excluding hydrogens is 200 g/mol. The fraction of sp³-hybridized carbons (Fsp3) is 0.100. The minimum atomic E-state index is -1.90. The van der Waals surface area contributed by atoms with E-state index >= 15 is 0 Å². The molecule has 0 aromatic heterocycles. The van der Waals surface area contributed by atoms with Crippen LogP contribution in [0.3, 0.4) is 0 Å². The minimum Gasteiger partial charge on any atom is -0.478 e. The molecule has 4 heteroatoms. The Morgan fingerprint density at radius 2 is 2.07 bits per heavy atom. The lowest BCUT2D eigenvalue weighted by atomic mass is 10.0. The van der Waals surface area contributed by atoms with Crippen molar-refractivity contribution in [3.8, 4) is 0 Å². The zero-order valence-corrected chi connectivity index (χ0v) is 8.04. The summed E-state index contributed by atoms with van der Waals surface area (Å²) < 4.78 is 0.